The SMILES string of the molecule is C=C(C)C(=O)Oc1ccc(-c2ccc(C(OC(=O)C(=C)C)C(C)(C)O)cc2)cc1OC. The zero-order valence-corrected chi connectivity index (χ0v) is 18.5. The lowest BCUT2D eigenvalue weighted by Crippen LogP contribution is -2.32. The Morgan fingerprint density at radius 3 is 1.94 bits per heavy atom. The van der Waals surface area contributed by atoms with Crippen molar-refractivity contribution in [2.45, 2.75) is 39.4 Å². The third-order valence-electron chi connectivity index (χ3n) is 4.48. The number of carbonyl (C=O) groups excluding carboxylic acids is 2. The van der Waals surface area contributed by atoms with Gasteiger partial charge in [0, 0.05) is 11.1 Å². The Bertz CT molecular complexity index is 996. The van der Waals surface area contributed by atoms with Crippen LogP contribution in [0.1, 0.15) is 39.4 Å². The zero-order chi connectivity index (χ0) is 23.3. The lowest BCUT2D eigenvalue weighted by atomic mass is 9.93. The summed E-state index contributed by atoms with van der Waals surface area (Å²) in [5, 5.41) is 10.5. The van der Waals surface area contributed by atoms with Crippen molar-refractivity contribution in [2.24, 2.45) is 0 Å². The van der Waals surface area contributed by atoms with Crippen LogP contribution in [0.4, 0.5) is 0 Å². The monoisotopic (exact) mass is 424 g/mol. The zero-order valence-electron chi connectivity index (χ0n) is 18.5. The van der Waals surface area contributed by atoms with Crippen molar-refractivity contribution < 1.29 is 28.9 Å². The summed E-state index contributed by atoms with van der Waals surface area (Å²) in [6.07, 6.45) is -0.857. The smallest absolute Gasteiger partial charge is 0.338 e. The fraction of sp³-hybridized carbons (Fsp3) is 0.280. The summed E-state index contributed by atoms with van der Waals surface area (Å²) in [6, 6.07) is 12.5. The van der Waals surface area contributed by atoms with Crippen LogP contribution in [0.25, 0.3) is 11.1 Å². The summed E-state index contributed by atoms with van der Waals surface area (Å²) in [5.74, 6) is -0.399. The molecule has 6 nitrogen and oxygen atoms in total. The molecule has 6 heteroatoms. The van der Waals surface area contributed by atoms with Gasteiger partial charge < -0.3 is 19.3 Å². The molecule has 0 amide bonds. The molecule has 1 N–H and O–H groups in total. The lowest BCUT2D eigenvalue weighted by Gasteiger charge is -2.29. The Morgan fingerprint density at radius 1 is 0.903 bits per heavy atom. The Hall–Kier alpha value is -3.38. The van der Waals surface area contributed by atoms with Crippen LogP contribution in [-0.2, 0) is 14.3 Å². The van der Waals surface area contributed by atoms with Gasteiger partial charge in [0.25, 0.3) is 0 Å². The molecule has 2 rings (SSSR count). The topological polar surface area (TPSA) is 82.1 Å². The summed E-state index contributed by atoms with van der Waals surface area (Å²) in [4.78, 5) is 23.8. The summed E-state index contributed by atoms with van der Waals surface area (Å²) in [5.41, 5.74) is 1.59. The van der Waals surface area contributed by atoms with Gasteiger partial charge in [-0.3, -0.25) is 0 Å². The lowest BCUT2D eigenvalue weighted by molar-refractivity contribution is -0.158. The molecule has 0 heterocycles. The van der Waals surface area contributed by atoms with Crippen LogP contribution in [0.15, 0.2) is 66.8 Å². The maximum Gasteiger partial charge on any atom is 0.338 e. The summed E-state index contributed by atoms with van der Waals surface area (Å²) < 4.78 is 16.1. The molecule has 0 aromatic heterocycles. The second-order valence-electron chi connectivity index (χ2n) is 7.88. The highest BCUT2D eigenvalue weighted by Gasteiger charge is 2.32. The van der Waals surface area contributed by atoms with E-state index < -0.39 is 23.6 Å². The molecule has 0 saturated carbocycles. The van der Waals surface area contributed by atoms with E-state index in [-0.39, 0.29) is 11.1 Å². The number of benzene rings is 2. The minimum atomic E-state index is -1.29. The molecule has 2 aromatic carbocycles. The first kappa shape index (κ1) is 23.9. The molecule has 31 heavy (non-hydrogen) atoms. The number of hydrogen-bond acceptors (Lipinski definition) is 6. The highest BCUT2D eigenvalue weighted by Crippen LogP contribution is 2.35. The maximum absolute atomic E-state index is 12.0. The summed E-state index contributed by atoms with van der Waals surface area (Å²) in [6.45, 7) is 13.4. The van der Waals surface area contributed by atoms with E-state index in [9.17, 15) is 14.7 Å². The molecule has 0 radical (unpaired) electrons. The van der Waals surface area contributed by atoms with Crippen LogP contribution in [0, 0.1) is 0 Å². The molecule has 0 aliphatic heterocycles. The molecule has 0 saturated heterocycles. The van der Waals surface area contributed by atoms with Crippen LogP contribution in [-0.4, -0.2) is 29.8 Å². The summed E-state index contributed by atoms with van der Waals surface area (Å²) >= 11 is 0. The molecular formula is C25H28O6. The number of esters is 2. The largest absolute Gasteiger partial charge is 0.493 e. The average molecular weight is 424 g/mol. The van der Waals surface area contributed by atoms with Crippen LogP contribution >= 0.6 is 0 Å². The Morgan fingerprint density at radius 2 is 1.45 bits per heavy atom. The van der Waals surface area contributed by atoms with E-state index in [2.05, 4.69) is 13.2 Å². The van der Waals surface area contributed by atoms with Gasteiger partial charge in [-0.2, -0.15) is 0 Å². The molecule has 0 aliphatic rings. The number of rotatable bonds is 8. The molecule has 0 bridgehead atoms. The van der Waals surface area contributed by atoms with Gasteiger partial charge >= 0.3 is 11.9 Å². The van der Waals surface area contributed by atoms with E-state index in [1.165, 1.54) is 7.11 Å². The fourth-order valence-corrected chi connectivity index (χ4v) is 2.80. The number of ether oxygens (including phenoxy) is 3. The first-order valence-electron chi connectivity index (χ1n) is 9.69. The molecular weight excluding hydrogens is 396 g/mol. The standard InChI is InChI=1S/C25H28O6/c1-15(2)23(26)30-20-13-12-19(14-21(20)29-7)17-8-10-18(11-9-17)22(25(5,6)28)31-24(27)16(3)4/h8-14,22,28H,1,3H2,2,4-7H3. The number of aliphatic hydroxyl groups is 1. The van der Waals surface area contributed by atoms with E-state index in [1.54, 1.807) is 58.0 Å². The van der Waals surface area contributed by atoms with E-state index in [1.807, 2.05) is 12.1 Å². The molecule has 0 spiro atoms. The van der Waals surface area contributed by atoms with Gasteiger partial charge in [0.1, 0.15) is 5.60 Å². The van der Waals surface area contributed by atoms with Gasteiger partial charge in [0.05, 0.1) is 7.11 Å². The molecule has 1 atom stereocenters. The van der Waals surface area contributed by atoms with Crippen LogP contribution in [0.2, 0.25) is 0 Å². The molecule has 0 fully saturated rings. The van der Waals surface area contributed by atoms with Crippen molar-refractivity contribution in [1.82, 2.24) is 0 Å². The quantitative estimate of drug-likeness (QED) is 0.373. The van der Waals surface area contributed by atoms with Gasteiger partial charge in [-0.25, -0.2) is 9.59 Å². The second kappa shape index (κ2) is 9.62. The van der Waals surface area contributed by atoms with E-state index >= 15 is 0 Å². The molecule has 2 aromatic rings. The molecule has 1 unspecified atom stereocenters. The highest BCUT2D eigenvalue weighted by molar-refractivity contribution is 5.89. The van der Waals surface area contributed by atoms with Crippen molar-refractivity contribution in [2.75, 3.05) is 7.11 Å². The predicted molar refractivity (Wildman–Crippen MR) is 119 cm³/mol. The third kappa shape index (κ3) is 6.06. The Labute approximate surface area is 182 Å². The van der Waals surface area contributed by atoms with Crippen LogP contribution in [0.3, 0.4) is 0 Å². The van der Waals surface area contributed by atoms with Gasteiger partial charge in [-0.05, 0) is 56.5 Å². The van der Waals surface area contributed by atoms with Gasteiger partial charge in [0.2, 0.25) is 0 Å². The maximum atomic E-state index is 12.0. The van der Waals surface area contributed by atoms with Crippen molar-refractivity contribution in [1.29, 1.82) is 0 Å². The van der Waals surface area contributed by atoms with Crippen molar-refractivity contribution >= 4 is 11.9 Å². The fourth-order valence-electron chi connectivity index (χ4n) is 2.80. The van der Waals surface area contributed by atoms with Gasteiger partial charge in [-0.1, -0.05) is 43.5 Å². The minimum Gasteiger partial charge on any atom is -0.493 e. The summed E-state index contributed by atoms with van der Waals surface area (Å²) in [7, 11) is 1.49. The second-order valence-corrected chi connectivity index (χ2v) is 7.88. The molecule has 0 aliphatic carbocycles. The molecule has 164 valence electrons. The van der Waals surface area contributed by atoms with E-state index in [0.29, 0.717) is 17.1 Å². The van der Waals surface area contributed by atoms with Crippen LogP contribution in [0.5, 0.6) is 11.5 Å². The van der Waals surface area contributed by atoms with E-state index in [0.717, 1.165) is 11.1 Å². The average Bonchev–Trinajstić information content (AvgIpc) is 2.71. The number of hydrogen-bond donors (Lipinski definition) is 1. The number of methoxy groups -OCH3 is 1. The van der Waals surface area contributed by atoms with E-state index in [4.69, 9.17) is 14.2 Å². The van der Waals surface area contributed by atoms with Crippen molar-refractivity contribution in [3.63, 3.8) is 0 Å². The third-order valence-corrected chi connectivity index (χ3v) is 4.48. The van der Waals surface area contributed by atoms with Crippen LogP contribution < -0.4 is 9.47 Å². The minimum absolute atomic E-state index is 0.255. The first-order valence-corrected chi connectivity index (χ1v) is 9.69. The van der Waals surface area contributed by atoms with Gasteiger partial charge in [0.15, 0.2) is 17.6 Å². The number of carbonyl (C=O) groups is 2. The van der Waals surface area contributed by atoms with Crippen molar-refractivity contribution in [3.8, 4) is 22.6 Å². The van der Waals surface area contributed by atoms with Crippen molar-refractivity contribution in [3.05, 3.63) is 72.3 Å². The predicted octanol–water partition coefficient (Wildman–Crippen LogP) is 4.78. The highest BCUT2D eigenvalue weighted by atomic mass is 16.6. The normalized spacial score (nSPS) is 11.9. The first-order chi connectivity index (χ1) is 14.4. The van der Waals surface area contributed by atoms with Gasteiger partial charge in [-0.15, -0.1) is 0 Å². The Kier molecular flexibility index (Phi) is 7.41. The Balaban J connectivity index is 2.33.